The van der Waals surface area contributed by atoms with Gasteiger partial charge in [-0.2, -0.15) is 0 Å². The van der Waals surface area contributed by atoms with Gasteiger partial charge < -0.3 is 10.4 Å². The van der Waals surface area contributed by atoms with E-state index in [0.717, 1.165) is 31.5 Å². The van der Waals surface area contributed by atoms with Crippen LogP contribution in [0.3, 0.4) is 0 Å². The highest BCUT2D eigenvalue weighted by Gasteiger charge is 2.18. The van der Waals surface area contributed by atoms with Gasteiger partial charge in [-0.25, -0.2) is 4.39 Å². The average molecular weight is 274 g/mol. The van der Waals surface area contributed by atoms with Crippen LogP contribution in [0.5, 0.6) is 5.75 Å². The van der Waals surface area contributed by atoms with Crippen molar-refractivity contribution >= 4 is 15.9 Å². The fraction of sp³-hybridized carbons (Fsp3) is 0.455. The van der Waals surface area contributed by atoms with Crippen LogP contribution in [-0.2, 0) is 0 Å². The number of phenolic OH excluding ortho intramolecular Hbond substituents is 1. The van der Waals surface area contributed by atoms with Crippen molar-refractivity contribution in [3.63, 3.8) is 0 Å². The Morgan fingerprint density at radius 3 is 2.60 bits per heavy atom. The number of rotatable bonds is 1. The van der Waals surface area contributed by atoms with Crippen molar-refractivity contribution in [3.05, 3.63) is 28.0 Å². The number of phenols is 1. The van der Waals surface area contributed by atoms with Crippen LogP contribution in [0, 0.1) is 5.82 Å². The second kappa shape index (κ2) is 4.49. The molecule has 1 aliphatic heterocycles. The topological polar surface area (TPSA) is 32.3 Å². The van der Waals surface area contributed by atoms with Gasteiger partial charge in [-0.1, -0.05) is 0 Å². The number of aromatic hydroxyl groups is 1. The summed E-state index contributed by atoms with van der Waals surface area (Å²) in [5, 5.41) is 12.6. The Bertz CT molecular complexity index is 341. The Balaban J connectivity index is 2.27. The standard InChI is InChI=1S/C11H13BrFNO/c12-9-5-8(6-10(13)11(9)15)7-1-3-14-4-2-7/h5-7,14-15H,1-4H2. The van der Waals surface area contributed by atoms with Gasteiger partial charge in [0, 0.05) is 0 Å². The first-order valence-electron chi connectivity index (χ1n) is 5.07. The molecule has 0 saturated carbocycles. The van der Waals surface area contributed by atoms with Gasteiger partial charge in [0.25, 0.3) is 0 Å². The van der Waals surface area contributed by atoms with Crippen molar-refractivity contribution in [3.8, 4) is 5.75 Å². The fourth-order valence-corrected chi connectivity index (χ4v) is 2.43. The second-order valence-electron chi connectivity index (χ2n) is 3.86. The molecule has 82 valence electrons. The lowest BCUT2D eigenvalue weighted by Crippen LogP contribution is -2.26. The molecule has 15 heavy (non-hydrogen) atoms. The van der Waals surface area contributed by atoms with Crippen LogP contribution in [0.1, 0.15) is 24.3 Å². The normalized spacial score (nSPS) is 18.0. The minimum Gasteiger partial charge on any atom is -0.504 e. The predicted octanol–water partition coefficient (Wildman–Crippen LogP) is 2.76. The van der Waals surface area contributed by atoms with Crippen LogP contribution >= 0.6 is 15.9 Å². The van der Waals surface area contributed by atoms with Crippen molar-refractivity contribution in [2.45, 2.75) is 18.8 Å². The van der Waals surface area contributed by atoms with E-state index in [1.54, 1.807) is 0 Å². The van der Waals surface area contributed by atoms with E-state index in [9.17, 15) is 9.50 Å². The van der Waals surface area contributed by atoms with E-state index >= 15 is 0 Å². The number of nitrogens with one attached hydrogen (secondary N) is 1. The molecular formula is C11H13BrFNO. The minimum atomic E-state index is -0.544. The number of piperidine rings is 1. The van der Waals surface area contributed by atoms with Crippen molar-refractivity contribution in [1.29, 1.82) is 0 Å². The van der Waals surface area contributed by atoms with Gasteiger partial charge in [-0.3, -0.25) is 0 Å². The summed E-state index contributed by atoms with van der Waals surface area (Å²) in [5.41, 5.74) is 0.971. The smallest absolute Gasteiger partial charge is 0.166 e. The van der Waals surface area contributed by atoms with Crippen molar-refractivity contribution in [2.75, 3.05) is 13.1 Å². The molecule has 0 amide bonds. The van der Waals surface area contributed by atoms with Crippen LogP contribution in [0.2, 0.25) is 0 Å². The van der Waals surface area contributed by atoms with Crippen LogP contribution in [-0.4, -0.2) is 18.2 Å². The van der Waals surface area contributed by atoms with E-state index in [4.69, 9.17) is 0 Å². The lowest BCUT2D eigenvalue weighted by molar-refractivity contribution is 0.423. The van der Waals surface area contributed by atoms with Crippen LogP contribution in [0.4, 0.5) is 4.39 Å². The van der Waals surface area contributed by atoms with Crippen LogP contribution in [0.25, 0.3) is 0 Å². The lowest BCUT2D eigenvalue weighted by Gasteiger charge is -2.23. The summed E-state index contributed by atoms with van der Waals surface area (Å²) < 4.78 is 13.7. The molecule has 0 unspecified atom stereocenters. The second-order valence-corrected chi connectivity index (χ2v) is 4.71. The van der Waals surface area contributed by atoms with E-state index < -0.39 is 5.82 Å². The Morgan fingerprint density at radius 2 is 2.00 bits per heavy atom. The molecule has 0 aliphatic carbocycles. The molecule has 1 aromatic carbocycles. The maximum absolute atomic E-state index is 13.3. The Kier molecular flexibility index (Phi) is 3.26. The quantitative estimate of drug-likeness (QED) is 0.825. The van der Waals surface area contributed by atoms with Gasteiger partial charge in [-0.05, 0) is 65.5 Å². The molecule has 0 radical (unpaired) electrons. The van der Waals surface area contributed by atoms with E-state index in [-0.39, 0.29) is 5.75 Å². The third-order valence-corrected chi connectivity index (χ3v) is 3.45. The van der Waals surface area contributed by atoms with Crippen molar-refractivity contribution < 1.29 is 9.50 Å². The first-order chi connectivity index (χ1) is 7.18. The van der Waals surface area contributed by atoms with E-state index in [1.807, 2.05) is 6.07 Å². The number of hydrogen-bond acceptors (Lipinski definition) is 2. The minimum absolute atomic E-state index is 0.298. The van der Waals surface area contributed by atoms with Gasteiger partial charge in [0.1, 0.15) is 0 Å². The van der Waals surface area contributed by atoms with Crippen LogP contribution in [0.15, 0.2) is 16.6 Å². The molecule has 1 saturated heterocycles. The molecule has 0 aromatic heterocycles. The lowest BCUT2D eigenvalue weighted by atomic mass is 9.90. The largest absolute Gasteiger partial charge is 0.504 e. The third-order valence-electron chi connectivity index (χ3n) is 2.85. The third kappa shape index (κ3) is 2.32. The van der Waals surface area contributed by atoms with E-state index in [2.05, 4.69) is 21.2 Å². The summed E-state index contributed by atoms with van der Waals surface area (Å²) in [7, 11) is 0. The maximum Gasteiger partial charge on any atom is 0.166 e. The Labute approximate surface area is 96.6 Å². The number of benzene rings is 1. The highest BCUT2D eigenvalue weighted by Crippen LogP contribution is 2.33. The summed E-state index contributed by atoms with van der Waals surface area (Å²) >= 11 is 3.16. The van der Waals surface area contributed by atoms with E-state index in [1.165, 1.54) is 6.07 Å². The molecule has 0 atom stereocenters. The molecular weight excluding hydrogens is 261 g/mol. The van der Waals surface area contributed by atoms with Crippen LogP contribution < -0.4 is 5.32 Å². The van der Waals surface area contributed by atoms with Gasteiger partial charge in [-0.15, -0.1) is 0 Å². The van der Waals surface area contributed by atoms with E-state index in [0.29, 0.717) is 10.4 Å². The molecule has 1 heterocycles. The average Bonchev–Trinajstić information content (AvgIpc) is 2.26. The Hall–Kier alpha value is -0.610. The molecule has 1 aromatic rings. The highest BCUT2D eigenvalue weighted by molar-refractivity contribution is 9.10. The zero-order chi connectivity index (χ0) is 10.8. The van der Waals surface area contributed by atoms with Crippen molar-refractivity contribution in [1.82, 2.24) is 5.32 Å². The summed E-state index contributed by atoms with van der Waals surface area (Å²) in [6.07, 6.45) is 2.05. The molecule has 0 bridgehead atoms. The number of halogens is 2. The summed E-state index contributed by atoms with van der Waals surface area (Å²) in [5.74, 6) is -0.441. The van der Waals surface area contributed by atoms with Gasteiger partial charge in [0.15, 0.2) is 11.6 Å². The zero-order valence-electron chi connectivity index (χ0n) is 8.26. The van der Waals surface area contributed by atoms with Crippen molar-refractivity contribution in [2.24, 2.45) is 0 Å². The summed E-state index contributed by atoms with van der Waals surface area (Å²) in [6.45, 7) is 1.95. The maximum atomic E-state index is 13.3. The zero-order valence-corrected chi connectivity index (χ0v) is 9.85. The fourth-order valence-electron chi connectivity index (χ4n) is 1.98. The molecule has 4 heteroatoms. The van der Waals surface area contributed by atoms with Gasteiger partial charge in [0.05, 0.1) is 4.47 Å². The first kappa shape index (κ1) is 10.9. The molecule has 1 aliphatic rings. The first-order valence-corrected chi connectivity index (χ1v) is 5.86. The van der Waals surface area contributed by atoms with Gasteiger partial charge >= 0.3 is 0 Å². The monoisotopic (exact) mass is 273 g/mol. The summed E-state index contributed by atoms with van der Waals surface area (Å²) in [6, 6.07) is 3.25. The molecule has 2 rings (SSSR count). The SMILES string of the molecule is Oc1c(F)cc(C2CCNCC2)cc1Br. The Morgan fingerprint density at radius 1 is 1.33 bits per heavy atom. The predicted molar refractivity (Wildman–Crippen MR) is 60.6 cm³/mol. The highest BCUT2D eigenvalue weighted by atomic mass is 79.9. The molecule has 1 fully saturated rings. The summed E-state index contributed by atoms with van der Waals surface area (Å²) in [4.78, 5) is 0. The van der Waals surface area contributed by atoms with Gasteiger partial charge in [0.2, 0.25) is 0 Å². The number of hydrogen-bond donors (Lipinski definition) is 2. The molecule has 2 N–H and O–H groups in total. The molecule has 2 nitrogen and oxygen atoms in total. The molecule has 0 spiro atoms.